The summed E-state index contributed by atoms with van der Waals surface area (Å²) in [5.41, 5.74) is 1.66. The molecule has 6 fully saturated rings. The number of esters is 4. The van der Waals surface area contributed by atoms with Crippen LogP contribution < -0.4 is 0 Å². The number of rotatable bonds is 9. The first-order chi connectivity index (χ1) is 25.2. The molecule has 0 aromatic heterocycles. The summed E-state index contributed by atoms with van der Waals surface area (Å²) in [6.07, 6.45) is 7.95. The molecule has 0 spiro atoms. The summed E-state index contributed by atoms with van der Waals surface area (Å²) < 4.78 is 35.7. The van der Waals surface area contributed by atoms with Gasteiger partial charge in [-0.1, -0.05) is 46.8 Å². The van der Waals surface area contributed by atoms with Crippen molar-refractivity contribution in [2.75, 3.05) is 13.2 Å². The highest BCUT2D eigenvalue weighted by molar-refractivity contribution is 5.68. The summed E-state index contributed by atoms with van der Waals surface area (Å²) in [5.74, 6) is 0.854. The average molecular weight is 757 g/mol. The first kappa shape index (κ1) is 41.2. The van der Waals surface area contributed by atoms with Crippen molar-refractivity contribution in [2.45, 2.75) is 171 Å². The third kappa shape index (κ3) is 6.96. The van der Waals surface area contributed by atoms with Gasteiger partial charge in [0.05, 0.1) is 12.7 Å². The minimum absolute atomic E-state index is 0.0478. The molecule has 0 radical (unpaired) electrons. The van der Waals surface area contributed by atoms with Crippen molar-refractivity contribution >= 4 is 23.9 Å². The van der Waals surface area contributed by atoms with Gasteiger partial charge in [0.2, 0.25) is 0 Å². The Morgan fingerprint density at radius 1 is 0.704 bits per heavy atom. The van der Waals surface area contributed by atoms with E-state index in [-0.39, 0.29) is 52.2 Å². The van der Waals surface area contributed by atoms with E-state index >= 15 is 0 Å². The van der Waals surface area contributed by atoms with Gasteiger partial charge in [0.15, 0.2) is 12.4 Å². The van der Waals surface area contributed by atoms with E-state index in [1.807, 2.05) is 0 Å². The first-order valence-electron chi connectivity index (χ1n) is 20.8. The zero-order valence-corrected chi connectivity index (χ0v) is 34.8. The molecular weight excluding hydrogens is 688 g/mol. The lowest BCUT2D eigenvalue weighted by Gasteiger charge is -2.73. The average Bonchev–Trinajstić information content (AvgIpc) is 3.45. The summed E-state index contributed by atoms with van der Waals surface area (Å²) in [6, 6.07) is 0. The molecule has 0 aromatic carbocycles. The van der Waals surface area contributed by atoms with Crippen molar-refractivity contribution in [3.8, 4) is 0 Å². The second-order valence-corrected chi connectivity index (χ2v) is 19.7. The summed E-state index contributed by atoms with van der Waals surface area (Å²) in [4.78, 5) is 48.1. The quantitative estimate of drug-likeness (QED) is 0.0986. The molecule has 1 saturated heterocycles. The lowest BCUT2D eigenvalue weighted by atomic mass is 9.32. The number of hydrogen-bond donors (Lipinski definition) is 0. The van der Waals surface area contributed by atoms with Gasteiger partial charge in [0.25, 0.3) is 0 Å². The number of ether oxygens (including phenoxy) is 6. The normalized spacial score (nSPS) is 45.0. The molecule has 5 aliphatic carbocycles. The highest BCUT2D eigenvalue weighted by atomic mass is 16.7. The van der Waals surface area contributed by atoms with Crippen molar-refractivity contribution in [2.24, 2.45) is 56.7 Å². The van der Waals surface area contributed by atoms with E-state index in [4.69, 9.17) is 28.4 Å². The lowest BCUT2D eigenvalue weighted by molar-refractivity contribution is -0.304. The number of carbonyl (C=O) groups excluding carboxylic acids is 4. The topological polar surface area (TPSA) is 124 Å². The van der Waals surface area contributed by atoms with E-state index in [0.717, 1.165) is 38.5 Å². The van der Waals surface area contributed by atoms with Gasteiger partial charge in [-0.05, 0) is 122 Å². The fourth-order valence-corrected chi connectivity index (χ4v) is 14.2. The monoisotopic (exact) mass is 756 g/mol. The standard InChI is InChI=1S/C44H68O10/c1-25(2)30-14-19-44(24-50-27(4)46)21-20-42(10)31(38(30)44)12-13-35-41(9)17-16-36(40(7,8)34(41)15-18-43(35,42)11)54-37-22-32(51-28(5)47)39(52-29(6)48)33(53-37)23-49-26(3)45/h30-39H,1,12-24H2,2-11H3/t30-,31+,32+,33+,34-,35?,36+,37?,38+,39-,41-,42+,43+,44+/m0/s1. The smallest absolute Gasteiger partial charge is 0.303 e. The summed E-state index contributed by atoms with van der Waals surface area (Å²) in [5, 5.41) is 0. The lowest BCUT2D eigenvalue weighted by Crippen LogP contribution is -2.67. The van der Waals surface area contributed by atoms with Gasteiger partial charge < -0.3 is 28.4 Å². The van der Waals surface area contributed by atoms with Gasteiger partial charge in [0.1, 0.15) is 18.8 Å². The second-order valence-electron chi connectivity index (χ2n) is 19.7. The molecule has 10 heteroatoms. The minimum Gasteiger partial charge on any atom is -0.465 e. The van der Waals surface area contributed by atoms with Crippen LogP contribution in [0.3, 0.4) is 0 Å². The van der Waals surface area contributed by atoms with Gasteiger partial charge in [-0.25, -0.2) is 0 Å². The molecule has 1 heterocycles. The molecule has 54 heavy (non-hydrogen) atoms. The SMILES string of the molecule is C=C(C)[C@@H]1CC[C@]2(COC(C)=O)CC[C@]3(C)[C@H](CCC4[C@@]5(C)CC[C@@H](OC6C[C@@H](OC(C)=O)[C@H](OC(C)=O)[C@@H](COC(C)=O)O6)C(C)(C)[C@@H]5CC[C@]43C)[C@@H]12. The third-order valence-electron chi connectivity index (χ3n) is 16.6. The molecule has 0 aromatic rings. The Hall–Kier alpha value is -2.46. The van der Waals surface area contributed by atoms with Crippen LogP contribution >= 0.6 is 0 Å². The Labute approximate surface area is 323 Å². The molecule has 0 N–H and O–H groups in total. The maximum Gasteiger partial charge on any atom is 0.303 e. The molecule has 10 nitrogen and oxygen atoms in total. The zero-order chi connectivity index (χ0) is 39.6. The zero-order valence-electron chi connectivity index (χ0n) is 34.8. The van der Waals surface area contributed by atoms with Crippen molar-refractivity contribution in [1.29, 1.82) is 0 Å². The predicted octanol–water partition coefficient (Wildman–Crippen LogP) is 8.13. The van der Waals surface area contributed by atoms with Gasteiger partial charge in [-0.2, -0.15) is 0 Å². The molecule has 5 saturated carbocycles. The Morgan fingerprint density at radius 2 is 1.39 bits per heavy atom. The van der Waals surface area contributed by atoms with Crippen LogP contribution in [0.25, 0.3) is 0 Å². The molecule has 6 rings (SSSR count). The van der Waals surface area contributed by atoms with Crippen LogP contribution in [0.1, 0.15) is 140 Å². The maximum atomic E-state index is 12.2. The number of fused-ring (bicyclic) bond motifs is 7. The molecule has 2 unspecified atom stereocenters. The molecular formula is C44H68O10. The first-order valence-corrected chi connectivity index (χ1v) is 20.8. The van der Waals surface area contributed by atoms with Crippen molar-refractivity contribution in [3.63, 3.8) is 0 Å². The van der Waals surface area contributed by atoms with Gasteiger partial charge in [-0.3, -0.25) is 19.2 Å². The molecule has 0 bridgehead atoms. The fraction of sp³-hybridized carbons (Fsp3) is 0.864. The molecule has 304 valence electrons. The van der Waals surface area contributed by atoms with Crippen molar-refractivity contribution < 1.29 is 47.6 Å². The van der Waals surface area contributed by atoms with E-state index in [2.05, 4.69) is 48.1 Å². The molecule has 6 aliphatic rings. The molecule has 1 aliphatic heterocycles. The van der Waals surface area contributed by atoms with E-state index in [1.54, 1.807) is 6.92 Å². The number of hydrogen-bond acceptors (Lipinski definition) is 10. The van der Waals surface area contributed by atoms with Crippen molar-refractivity contribution in [1.82, 2.24) is 0 Å². The van der Waals surface area contributed by atoms with Gasteiger partial charge in [0, 0.05) is 39.5 Å². The fourth-order valence-electron chi connectivity index (χ4n) is 14.2. The minimum atomic E-state index is -0.928. The predicted molar refractivity (Wildman–Crippen MR) is 201 cm³/mol. The summed E-state index contributed by atoms with van der Waals surface area (Å²) in [7, 11) is 0. The Morgan fingerprint density at radius 3 is 2.02 bits per heavy atom. The Kier molecular flexibility index (Phi) is 11.3. The number of allylic oxidation sites excluding steroid dienone is 1. The third-order valence-corrected chi connectivity index (χ3v) is 16.6. The van der Waals surface area contributed by atoms with Crippen molar-refractivity contribution in [3.05, 3.63) is 12.2 Å². The molecule has 0 amide bonds. The largest absolute Gasteiger partial charge is 0.465 e. The van der Waals surface area contributed by atoms with Crippen LogP contribution in [0.15, 0.2) is 12.2 Å². The highest BCUT2D eigenvalue weighted by Gasteiger charge is 2.71. The van der Waals surface area contributed by atoms with E-state index in [1.165, 1.54) is 52.0 Å². The van der Waals surface area contributed by atoms with E-state index in [9.17, 15) is 19.2 Å². The Balaban J connectivity index is 1.23. The van der Waals surface area contributed by atoms with Crippen LogP contribution in [0, 0.1) is 56.7 Å². The van der Waals surface area contributed by atoms with Crippen LogP contribution in [0.5, 0.6) is 0 Å². The van der Waals surface area contributed by atoms with Crippen LogP contribution in [0.2, 0.25) is 0 Å². The van der Waals surface area contributed by atoms with Crippen LogP contribution in [-0.2, 0) is 47.6 Å². The Bertz CT molecular complexity index is 1490. The molecule has 14 atom stereocenters. The van der Waals surface area contributed by atoms with E-state index < -0.39 is 42.5 Å². The summed E-state index contributed by atoms with van der Waals surface area (Å²) in [6.45, 7) is 25.2. The summed E-state index contributed by atoms with van der Waals surface area (Å²) >= 11 is 0. The van der Waals surface area contributed by atoms with Gasteiger partial charge in [-0.15, -0.1) is 0 Å². The number of carbonyl (C=O) groups is 4. The second kappa shape index (κ2) is 14.8. The highest BCUT2D eigenvalue weighted by Crippen LogP contribution is 2.77. The maximum absolute atomic E-state index is 12.2. The van der Waals surface area contributed by atoms with E-state index in [0.29, 0.717) is 36.2 Å². The van der Waals surface area contributed by atoms with Crippen LogP contribution in [-0.4, -0.2) is 67.8 Å². The van der Waals surface area contributed by atoms with Gasteiger partial charge >= 0.3 is 23.9 Å². The van der Waals surface area contributed by atoms with Crippen LogP contribution in [0.4, 0.5) is 0 Å².